The van der Waals surface area contributed by atoms with Crippen LogP contribution < -0.4 is 5.73 Å². The van der Waals surface area contributed by atoms with Crippen molar-refractivity contribution in [3.63, 3.8) is 0 Å². The molecule has 0 unspecified atom stereocenters. The van der Waals surface area contributed by atoms with E-state index in [9.17, 15) is 13.2 Å². The van der Waals surface area contributed by atoms with Crippen molar-refractivity contribution in [3.8, 4) is 0 Å². The van der Waals surface area contributed by atoms with Crippen LogP contribution in [0.4, 0.5) is 13.2 Å². The van der Waals surface area contributed by atoms with Gasteiger partial charge in [-0.3, -0.25) is 4.99 Å². The zero-order valence-electron chi connectivity index (χ0n) is 5.68. The van der Waals surface area contributed by atoms with E-state index in [4.69, 9.17) is 10.8 Å². The Kier molecular flexibility index (Phi) is 2.91. The summed E-state index contributed by atoms with van der Waals surface area (Å²) < 4.78 is 34.6. The van der Waals surface area contributed by atoms with E-state index in [1.54, 1.807) is 0 Å². The first-order valence-corrected chi connectivity index (χ1v) is 2.58. The third-order valence-electron chi connectivity index (χ3n) is 0.833. The molecule has 3 N–H and O–H groups in total. The summed E-state index contributed by atoms with van der Waals surface area (Å²) in [6.45, 7) is 0. The van der Waals surface area contributed by atoms with Crippen molar-refractivity contribution in [2.24, 2.45) is 10.7 Å². The molecule has 0 aromatic heterocycles. The van der Waals surface area contributed by atoms with E-state index in [-0.39, 0.29) is 5.84 Å². The molecule has 0 heterocycles. The van der Waals surface area contributed by atoms with Crippen LogP contribution in [0.1, 0.15) is 0 Å². The summed E-state index contributed by atoms with van der Waals surface area (Å²) in [4.78, 5) is 3.20. The van der Waals surface area contributed by atoms with Crippen LogP contribution in [0.25, 0.3) is 0 Å². The molecule has 0 rings (SSSR count). The van der Waals surface area contributed by atoms with Gasteiger partial charge in [-0.15, -0.1) is 0 Å². The van der Waals surface area contributed by atoms with Crippen LogP contribution >= 0.6 is 0 Å². The van der Waals surface area contributed by atoms with Gasteiger partial charge in [0.1, 0.15) is 5.84 Å². The topological polar surface area (TPSA) is 58.6 Å². The van der Waals surface area contributed by atoms with Crippen molar-refractivity contribution in [1.29, 1.82) is 0 Å². The summed E-state index contributed by atoms with van der Waals surface area (Å²) in [6, 6.07) is 0. The minimum atomic E-state index is -4.75. The SMILES string of the molecule is CN=C(N)C=C(O)C(F)(F)F. The Morgan fingerprint density at radius 3 is 2.27 bits per heavy atom. The fourth-order valence-electron chi connectivity index (χ4n) is 0.286. The quantitative estimate of drug-likeness (QED) is 0.348. The highest BCUT2D eigenvalue weighted by atomic mass is 19.4. The standard InChI is InChI=1S/C5H7F3N2O/c1-10-4(9)2-3(11)5(6,7)8/h2,11H,1H3,(H2,9,10). The van der Waals surface area contributed by atoms with Gasteiger partial charge in [-0.25, -0.2) is 0 Å². The number of hydrogen-bond donors (Lipinski definition) is 2. The van der Waals surface area contributed by atoms with E-state index in [0.717, 1.165) is 0 Å². The Morgan fingerprint density at radius 2 is 2.00 bits per heavy atom. The number of nitrogens with two attached hydrogens (primary N) is 1. The summed E-state index contributed by atoms with van der Waals surface area (Å²) in [5.41, 5.74) is 4.88. The second kappa shape index (κ2) is 3.27. The summed E-state index contributed by atoms with van der Waals surface area (Å²) in [6.07, 6.45) is -4.41. The maximum absolute atomic E-state index is 11.5. The number of hydrogen-bond acceptors (Lipinski definition) is 2. The molecule has 0 saturated heterocycles. The van der Waals surface area contributed by atoms with Gasteiger partial charge in [-0.2, -0.15) is 13.2 Å². The lowest BCUT2D eigenvalue weighted by molar-refractivity contribution is -0.120. The Morgan fingerprint density at radius 1 is 1.55 bits per heavy atom. The van der Waals surface area contributed by atoms with Gasteiger partial charge in [0.15, 0.2) is 0 Å². The fourth-order valence-corrected chi connectivity index (χ4v) is 0.286. The average molecular weight is 168 g/mol. The van der Waals surface area contributed by atoms with Crippen molar-refractivity contribution in [3.05, 3.63) is 11.8 Å². The first kappa shape index (κ1) is 9.80. The molecule has 6 heteroatoms. The molecule has 0 spiro atoms. The molecule has 0 atom stereocenters. The van der Waals surface area contributed by atoms with Crippen LogP contribution in [0.2, 0.25) is 0 Å². The molecule has 0 amide bonds. The predicted octanol–water partition coefficient (Wildman–Crippen LogP) is 0.978. The van der Waals surface area contributed by atoms with Crippen molar-refractivity contribution >= 4 is 5.84 Å². The molecule has 11 heavy (non-hydrogen) atoms. The van der Waals surface area contributed by atoms with E-state index in [2.05, 4.69) is 4.99 Å². The Labute approximate surface area is 61.0 Å². The number of halogens is 3. The minimum Gasteiger partial charge on any atom is -0.504 e. The van der Waals surface area contributed by atoms with Gasteiger partial charge in [0.25, 0.3) is 0 Å². The fraction of sp³-hybridized carbons (Fsp3) is 0.400. The number of aliphatic hydroxyl groups excluding tert-OH is 1. The lowest BCUT2D eigenvalue weighted by atomic mass is 10.4. The monoisotopic (exact) mass is 168 g/mol. The van der Waals surface area contributed by atoms with Gasteiger partial charge in [-0.1, -0.05) is 0 Å². The van der Waals surface area contributed by atoms with Gasteiger partial charge < -0.3 is 10.8 Å². The Bertz CT molecular complexity index is 194. The molecule has 3 nitrogen and oxygen atoms in total. The second-order valence-electron chi connectivity index (χ2n) is 1.68. The third kappa shape index (κ3) is 3.49. The molecular formula is C5H7F3N2O. The molecule has 0 aliphatic carbocycles. The first-order valence-electron chi connectivity index (χ1n) is 2.58. The summed E-state index contributed by atoms with van der Waals surface area (Å²) in [7, 11) is 1.22. The molecule has 64 valence electrons. The maximum atomic E-state index is 11.5. The normalized spacial score (nSPS) is 15.3. The maximum Gasteiger partial charge on any atom is 0.448 e. The van der Waals surface area contributed by atoms with E-state index in [0.29, 0.717) is 6.08 Å². The predicted molar refractivity (Wildman–Crippen MR) is 34.3 cm³/mol. The van der Waals surface area contributed by atoms with Gasteiger partial charge in [-0.05, 0) is 0 Å². The summed E-state index contributed by atoms with van der Waals surface area (Å²) in [5.74, 6) is -2.12. The van der Waals surface area contributed by atoms with Crippen LogP contribution in [0.5, 0.6) is 0 Å². The van der Waals surface area contributed by atoms with Crippen LogP contribution in [0.3, 0.4) is 0 Å². The lowest BCUT2D eigenvalue weighted by Gasteiger charge is -2.03. The van der Waals surface area contributed by atoms with E-state index >= 15 is 0 Å². The molecule has 0 saturated carbocycles. The molecular weight excluding hydrogens is 161 g/mol. The smallest absolute Gasteiger partial charge is 0.448 e. The number of rotatable bonds is 1. The number of allylic oxidation sites excluding steroid dienone is 1. The third-order valence-corrected chi connectivity index (χ3v) is 0.833. The van der Waals surface area contributed by atoms with Gasteiger partial charge in [0, 0.05) is 13.1 Å². The highest BCUT2D eigenvalue weighted by Gasteiger charge is 2.33. The van der Waals surface area contributed by atoms with E-state index in [1.807, 2.05) is 0 Å². The first-order chi connectivity index (χ1) is 4.88. The highest BCUT2D eigenvalue weighted by molar-refractivity contribution is 5.91. The van der Waals surface area contributed by atoms with Gasteiger partial charge >= 0.3 is 6.18 Å². The molecule has 0 bridgehead atoms. The molecule has 0 aromatic rings. The van der Waals surface area contributed by atoms with Gasteiger partial charge in [0.2, 0.25) is 5.76 Å². The average Bonchev–Trinajstić information content (AvgIpc) is 1.85. The van der Waals surface area contributed by atoms with Crippen LogP contribution in [-0.4, -0.2) is 24.2 Å². The Hall–Kier alpha value is -1.20. The largest absolute Gasteiger partial charge is 0.504 e. The number of alkyl halides is 3. The van der Waals surface area contributed by atoms with E-state index < -0.39 is 11.9 Å². The molecule has 0 radical (unpaired) electrons. The van der Waals surface area contributed by atoms with Crippen molar-refractivity contribution in [1.82, 2.24) is 0 Å². The minimum absolute atomic E-state index is 0.347. The lowest BCUT2D eigenvalue weighted by Crippen LogP contribution is -2.16. The molecule has 0 aromatic carbocycles. The van der Waals surface area contributed by atoms with Gasteiger partial charge in [0.05, 0.1) is 0 Å². The molecule has 0 fully saturated rings. The van der Waals surface area contributed by atoms with E-state index in [1.165, 1.54) is 7.05 Å². The van der Waals surface area contributed by atoms with Crippen LogP contribution in [0.15, 0.2) is 16.8 Å². The van der Waals surface area contributed by atoms with Crippen molar-refractivity contribution in [2.45, 2.75) is 6.18 Å². The second-order valence-corrected chi connectivity index (χ2v) is 1.68. The van der Waals surface area contributed by atoms with Crippen LogP contribution in [0, 0.1) is 0 Å². The number of aliphatic imine (C=N–C) groups is 1. The van der Waals surface area contributed by atoms with Crippen molar-refractivity contribution < 1.29 is 18.3 Å². The molecule has 0 aliphatic rings. The number of amidine groups is 1. The summed E-state index contributed by atoms with van der Waals surface area (Å²) >= 11 is 0. The molecule has 0 aliphatic heterocycles. The van der Waals surface area contributed by atoms with Crippen molar-refractivity contribution in [2.75, 3.05) is 7.05 Å². The number of aliphatic hydroxyl groups is 1. The number of nitrogens with zero attached hydrogens (tertiary/aromatic N) is 1. The Balaban J connectivity index is 4.48. The van der Waals surface area contributed by atoms with Crippen LogP contribution in [-0.2, 0) is 0 Å². The highest BCUT2D eigenvalue weighted by Crippen LogP contribution is 2.22. The zero-order valence-corrected chi connectivity index (χ0v) is 5.68. The summed E-state index contributed by atoms with van der Waals surface area (Å²) in [5, 5.41) is 8.26. The zero-order chi connectivity index (χ0) is 9.07.